The highest BCUT2D eigenvalue weighted by Crippen LogP contribution is 2.31. The Bertz CT molecular complexity index is 860. The van der Waals surface area contributed by atoms with E-state index < -0.39 is 0 Å². The first-order chi connectivity index (χ1) is 11.4. The van der Waals surface area contributed by atoms with Gasteiger partial charge in [0.2, 0.25) is 11.9 Å². The van der Waals surface area contributed by atoms with E-state index in [0.29, 0.717) is 28.6 Å². The highest BCUT2D eigenvalue weighted by atomic mass is 32.2. The molecule has 24 heavy (non-hydrogen) atoms. The average Bonchev–Trinajstić information content (AvgIpc) is 3.10. The van der Waals surface area contributed by atoms with E-state index in [2.05, 4.69) is 30.1 Å². The van der Waals surface area contributed by atoms with Gasteiger partial charge in [0.25, 0.3) is 11.1 Å². The zero-order valence-electron chi connectivity index (χ0n) is 13.6. The van der Waals surface area contributed by atoms with Gasteiger partial charge in [-0.05, 0) is 13.8 Å². The molecule has 2 N–H and O–H groups in total. The number of rotatable bonds is 5. The van der Waals surface area contributed by atoms with Crippen LogP contribution in [0.1, 0.15) is 16.5 Å². The Morgan fingerprint density at radius 3 is 2.58 bits per heavy atom. The van der Waals surface area contributed by atoms with E-state index >= 15 is 0 Å². The van der Waals surface area contributed by atoms with Crippen LogP contribution >= 0.6 is 23.1 Å². The SMILES string of the molecule is Cc1nc(C)c(-c2nnc(SCc3nc(N)nc(N(C)C)n3)o2)s1. The first-order valence-electron chi connectivity index (χ1n) is 7.01. The van der Waals surface area contributed by atoms with Gasteiger partial charge in [0.15, 0.2) is 0 Å². The predicted molar refractivity (Wildman–Crippen MR) is 93.0 cm³/mol. The molecule has 9 nitrogen and oxygen atoms in total. The highest BCUT2D eigenvalue weighted by molar-refractivity contribution is 7.98. The van der Waals surface area contributed by atoms with Crippen molar-refractivity contribution < 1.29 is 4.42 Å². The quantitative estimate of drug-likeness (QED) is 0.672. The minimum absolute atomic E-state index is 0.186. The molecule has 0 bridgehead atoms. The van der Waals surface area contributed by atoms with Crippen LogP contribution < -0.4 is 10.6 Å². The Kier molecular flexibility index (Phi) is 4.62. The van der Waals surface area contributed by atoms with Crippen molar-refractivity contribution in [3.63, 3.8) is 0 Å². The number of nitrogen functional groups attached to an aromatic ring is 1. The van der Waals surface area contributed by atoms with Crippen LogP contribution in [0.25, 0.3) is 10.8 Å². The lowest BCUT2D eigenvalue weighted by Crippen LogP contribution is -2.15. The molecule has 3 aromatic heterocycles. The van der Waals surface area contributed by atoms with E-state index in [1.807, 2.05) is 27.9 Å². The monoisotopic (exact) mass is 364 g/mol. The molecule has 3 heterocycles. The summed E-state index contributed by atoms with van der Waals surface area (Å²) < 4.78 is 5.69. The van der Waals surface area contributed by atoms with Crippen LogP contribution in [-0.4, -0.2) is 44.2 Å². The molecule has 0 aliphatic carbocycles. The second kappa shape index (κ2) is 6.69. The van der Waals surface area contributed by atoms with Gasteiger partial charge in [-0.2, -0.15) is 15.0 Å². The van der Waals surface area contributed by atoms with Crippen molar-refractivity contribution >= 4 is 35.0 Å². The first kappa shape index (κ1) is 16.6. The van der Waals surface area contributed by atoms with Crippen LogP contribution in [0, 0.1) is 13.8 Å². The smallest absolute Gasteiger partial charge is 0.277 e. The summed E-state index contributed by atoms with van der Waals surface area (Å²) in [5.41, 5.74) is 6.60. The molecule has 0 saturated heterocycles. The fourth-order valence-corrected chi connectivity index (χ4v) is 3.36. The Morgan fingerprint density at radius 2 is 1.92 bits per heavy atom. The van der Waals surface area contributed by atoms with Gasteiger partial charge in [-0.15, -0.1) is 21.5 Å². The van der Waals surface area contributed by atoms with Crippen molar-refractivity contribution in [1.29, 1.82) is 0 Å². The number of aromatic nitrogens is 6. The molecule has 3 rings (SSSR count). The molecule has 3 aromatic rings. The Hall–Kier alpha value is -2.27. The molecule has 0 amide bonds. The van der Waals surface area contributed by atoms with Gasteiger partial charge < -0.3 is 15.1 Å². The second-order valence-corrected chi connectivity index (χ2v) is 7.24. The van der Waals surface area contributed by atoms with Gasteiger partial charge >= 0.3 is 0 Å². The molecule has 0 unspecified atom stereocenters. The third-order valence-corrected chi connectivity index (χ3v) is 4.79. The molecule has 126 valence electrons. The third-order valence-electron chi connectivity index (χ3n) is 2.92. The number of nitrogens with two attached hydrogens (primary N) is 1. The number of hydrogen-bond acceptors (Lipinski definition) is 11. The zero-order chi connectivity index (χ0) is 17.3. The second-order valence-electron chi connectivity index (χ2n) is 5.11. The molecule has 0 saturated carbocycles. The lowest BCUT2D eigenvalue weighted by molar-refractivity contribution is 0.466. The molecule has 0 aromatic carbocycles. The predicted octanol–water partition coefficient (Wildman–Crippen LogP) is 1.94. The summed E-state index contributed by atoms with van der Waals surface area (Å²) in [6.07, 6.45) is 0. The highest BCUT2D eigenvalue weighted by Gasteiger charge is 2.16. The van der Waals surface area contributed by atoms with E-state index in [0.717, 1.165) is 15.6 Å². The fourth-order valence-electron chi connectivity index (χ4n) is 1.91. The molecule has 0 atom stereocenters. The van der Waals surface area contributed by atoms with Crippen molar-refractivity contribution in [2.45, 2.75) is 24.8 Å². The summed E-state index contributed by atoms with van der Waals surface area (Å²) in [5.74, 6) is 2.19. The van der Waals surface area contributed by atoms with Crippen molar-refractivity contribution in [2.24, 2.45) is 0 Å². The summed E-state index contributed by atoms with van der Waals surface area (Å²) in [7, 11) is 3.69. The van der Waals surface area contributed by atoms with Gasteiger partial charge in [0, 0.05) is 14.1 Å². The van der Waals surface area contributed by atoms with Gasteiger partial charge in [-0.25, -0.2) is 4.98 Å². The van der Waals surface area contributed by atoms with E-state index in [1.54, 1.807) is 4.90 Å². The Balaban J connectivity index is 1.73. The molecular weight excluding hydrogens is 348 g/mol. The van der Waals surface area contributed by atoms with Gasteiger partial charge in [0.05, 0.1) is 16.5 Å². The number of thioether (sulfide) groups is 1. The normalized spacial score (nSPS) is 11.0. The van der Waals surface area contributed by atoms with E-state index in [-0.39, 0.29) is 5.95 Å². The maximum atomic E-state index is 5.71. The van der Waals surface area contributed by atoms with Crippen LogP contribution in [0.15, 0.2) is 9.64 Å². The maximum absolute atomic E-state index is 5.71. The van der Waals surface area contributed by atoms with E-state index in [1.165, 1.54) is 23.1 Å². The van der Waals surface area contributed by atoms with Gasteiger partial charge in [-0.1, -0.05) is 11.8 Å². The van der Waals surface area contributed by atoms with E-state index in [9.17, 15) is 0 Å². The van der Waals surface area contributed by atoms with Gasteiger partial charge in [-0.3, -0.25) is 0 Å². The van der Waals surface area contributed by atoms with Crippen LogP contribution in [0.3, 0.4) is 0 Å². The average molecular weight is 364 g/mol. The summed E-state index contributed by atoms with van der Waals surface area (Å²) in [5, 5.41) is 9.54. The number of thiazole rings is 1. The van der Waals surface area contributed by atoms with Crippen LogP contribution in [0.5, 0.6) is 0 Å². The summed E-state index contributed by atoms with van der Waals surface area (Å²) in [4.78, 5) is 19.5. The summed E-state index contributed by atoms with van der Waals surface area (Å²) >= 11 is 2.88. The summed E-state index contributed by atoms with van der Waals surface area (Å²) in [6, 6.07) is 0. The van der Waals surface area contributed by atoms with Crippen LogP contribution in [-0.2, 0) is 5.75 Å². The lowest BCUT2D eigenvalue weighted by Gasteiger charge is -2.10. The number of nitrogens with zero attached hydrogens (tertiary/aromatic N) is 7. The maximum Gasteiger partial charge on any atom is 0.277 e. The molecule has 0 aliphatic rings. The Morgan fingerprint density at radius 1 is 1.12 bits per heavy atom. The minimum Gasteiger partial charge on any atom is -0.410 e. The van der Waals surface area contributed by atoms with Crippen LogP contribution in [0.4, 0.5) is 11.9 Å². The fraction of sp³-hybridized carbons (Fsp3) is 0.385. The van der Waals surface area contributed by atoms with Crippen molar-refractivity contribution in [1.82, 2.24) is 30.1 Å². The zero-order valence-corrected chi connectivity index (χ0v) is 15.3. The van der Waals surface area contributed by atoms with Crippen molar-refractivity contribution in [2.75, 3.05) is 24.7 Å². The largest absolute Gasteiger partial charge is 0.410 e. The lowest BCUT2D eigenvalue weighted by atomic mass is 10.4. The third kappa shape index (κ3) is 3.62. The molecular formula is C13H16N8OS2. The molecule has 0 fully saturated rings. The van der Waals surface area contributed by atoms with E-state index in [4.69, 9.17) is 10.2 Å². The molecule has 0 radical (unpaired) electrons. The van der Waals surface area contributed by atoms with Crippen LogP contribution in [0.2, 0.25) is 0 Å². The number of hydrogen-bond donors (Lipinski definition) is 1. The summed E-state index contributed by atoms with van der Waals surface area (Å²) in [6.45, 7) is 3.87. The minimum atomic E-state index is 0.186. The van der Waals surface area contributed by atoms with Gasteiger partial charge in [0.1, 0.15) is 10.7 Å². The molecule has 0 aliphatic heterocycles. The first-order valence-corrected chi connectivity index (χ1v) is 8.81. The number of aryl methyl sites for hydroxylation is 2. The molecule has 11 heteroatoms. The number of anilines is 2. The van der Waals surface area contributed by atoms with Crippen molar-refractivity contribution in [3.05, 3.63) is 16.5 Å². The topological polar surface area (TPSA) is 120 Å². The Labute approximate surface area is 146 Å². The standard InChI is InChI=1S/C13H16N8OS2/c1-6-9(24-7(2)15-6)10-19-20-13(22-10)23-5-8-16-11(14)18-12(17-8)21(3)4/h5H2,1-4H3,(H2,14,16,17,18). The molecule has 0 spiro atoms. The van der Waals surface area contributed by atoms with Crippen molar-refractivity contribution in [3.8, 4) is 10.8 Å².